The van der Waals surface area contributed by atoms with E-state index in [4.69, 9.17) is 0 Å². The molecule has 1 saturated heterocycles. The van der Waals surface area contributed by atoms with Gasteiger partial charge in [0.15, 0.2) is 0 Å². The fourth-order valence-corrected chi connectivity index (χ4v) is 3.81. The van der Waals surface area contributed by atoms with Crippen LogP contribution >= 0.6 is 0 Å². The summed E-state index contributed by atoms with van der Waals surface area (Å²) in [4.78, 5) is 31.3. The number of piperazine rings is 1. The maximum absolute atomic E-state index is 12.7. The molecule has 1 heterocycles. The minimum absolute atomic E-state index is 0.0514. The number of hydrogen-bond donors (Lipinski definition) is 0. The van der Waals surface area contributed by atoms with Gasteiger partial charge < -0.3 is 14.7 Å². The van der Waals surface area contributed by atoms with Crippen molar-refractivity contribution in [1.29, 1.82) is 0 Å². The molecule has 0 spiro atoms. The van der Waals surface area contributed by atoms with Crippen LogP contribution in [0.1, 0.15) is 30.0 Å². The second-order valence-electron chi connectivity index (χ2n) is 7.66. The van der Waals surface area contributed by atoms with Gasteiger partial charge in [-0.2, -0.15) is 0 Å². The Morgan fingerprint density at radius 1 is 0.931 bits per heavy atom. The summed E-state index contributed by atoms with van der Waals surface area (Å²) in [5.74, 6) is -0.166. The lowest BCUT2D eigenvalue weighted by molar-refractivity contribution is -0.141. The van der Waals surface area contributed by atoms with Crippen LogP contribution < -0.4 is 4.90 Å². The van der Waals surface area contributed by atoms with Gasteiger partial charge in [0.25, 0.3) is 0 Å². The van der Waals surface area contributed by atoms with Crippen molar-refractivity contribution < 1.29 is 9.59 Å². The zero-order valence-electron chi connectivity index (χ0n) is 17.7. The van der Waals surface area contributed by atoms with Crippen LogP contribution in [0.25, 0.3) is 0 Å². The molecule has 0 aromatic heterocycles. The monoisotopic (exact) mass is 393 g/mol. The smallest absolute Gasteiger partial charge is 0.232 e. The highest BCUT2D eigenvalue weighted by molar-refractivity contribution is 5.97. The summed E-state index contributed by atoms with van der Waals surface area (Å²) in [7, 11) is 0. The van der Waals surface area contributed by atoms with Gasteiger partial charge in [0.2, 0.25) is 11.8 Å². The molecule has 0 unspecified atom stereocenters. The molecule has 2 amide bonds. The van der Waals surface area contributed by atoms with Crippen LogP contribution in [-0.4, -0.2) is 54.3 Å². The van der Waals surface area contributed by atoms with E-state index in [0.29, 0.717) is 26.2 Å². The first-order valence-electron chi connectivity index (χ1n) is 10.4. The molecule has 1 aliphatic rings. The molecular weight excluding hydrogens is 362 g/mol. The van der Waals surface area contributed by atoms with Crippen LogP contribution in [0.5, 0.6) is 0 Å². The van der Waals surface area contributed by atoms with Crippen LogP contribution in [0.3, 0.4) is 0 Å². The Bertz CT molecular complexity index is 842. The summed E-state index contributed by atoms with van der Waals surface area (Å²) in [5.41, 5.74) is 4.90. The van der Waals surface area contributed by atoms with E-state index in [0.717, 1.165) is 18.7 Å². The summed E-state index contributed by atoms with van der Waals surface area (Å²) < 4.78 is 0. The van der Waals surface area contributed by atoms with Crippen molar-refractivity contribution in [3.63, 3.8) is 0 Å². The van der Waals surface area contributed by atoms with E-state index in [2.05, 4.69) is 36.9 Å². The van der Waals surface area contributed by atoms with Crippen LogP contribution in [0.2, 0.25) is 0 Å². The molecule has 0 aliphatic carbocycles. The molecule has 154 valence electrons. The molecule has 2 aromatic carbocycles. The maximum atomic E-state index is 12.7. The number of carbonyl (C=O) groups is 2. The van der Waals surface area contributed by atoms with Crippen molar-refractivity contribution >= 4 is 17.5 Å². The maximum Gasteiger partial charge on any atom is 0.232 e. The second-order valence-corrected chi connectivity index (χ2v) is 7.66. The van der Waals surface area contributed by atoms with Crippen molar-refractivity contribution in [3.8, 4) is 0 Å². The Kier molecular flexibility index (Phi) is 6.91. The molecular formula is C24H31N3O2. The molecule has 5 heteroatoms. The van der Waals surface area contributed by atoms with Gasteiger partial charge in [-0.1, -0.05) is 42.5 Å². The molecule has 0 N–H and O–H groups in total. The standard InChI is InChI=1S/C24H31N3O2/c1-4-25(18-21-10-6-5-7-11-21)23(28)17-24(29)27-15-13-26(14-16-27)22-12-8-9-19(2)20(22)3/h5-12H,4,13-18H2,1-3H3. The van der Waals surface area contributed by atoms with Crippen molar-refractivity contribution in [2.75, 3.05) is 37.6 Å². The minimum Gasteiger partial charge on any atom is -0.368 e. The van der Waals surface area contributed by atoms with E-state index >= 15 is 0 Å². The van der Waals surface area contributed by atoms with Gasteiger partial charge in [0.05, 0.1) is 0 Å². The van der Waals surface area contributed by atoms with E-state index in [-0.39, 0.29) is 18.2 Å². The zero-order valence-corrected chi connectivity index (χ0v) is 17.7. The van der Waals surface area contributed by atoms with Crippen LogP contribution in [0, 0.1) is 13.8 Å². The number of rotatable bonds is 6. The molecule has 0 radical (unpaired) electrons. The lowest BCUT2D eigenvalue weighted by Gasteiger charge is -2.37. The Hall–Kier alpha value is -2.82. The Labute approximate surface area is 173 Å². The van der Waals surface area contributed by atoms with Gasteiger partial charge in [0.1, 0.15) is 6.42 Å². The van der Waals surface area contributed by atoms with Gasteiger partial charge in [-0.05, 0) is 43.5 Å². The number of hydrogen-bond acceptors (Lipinski definition) is 3. The lowest BCUT2D eigenvalue weighted by Crippen LogP contribution is -2.50. The summed E-state index contributed by atoms with van der Waals surface area (Å²) in [6, 6.07) is 16.3. The molecule has 0 atom stereocenters. The first kappa shape index (κ1) is 20.9. The van der Waals surface area contributed by atoms with E-state index in [1.165, 1.54) is 16.8 Å². The molecule has 5 nitrogen and oxygen atoms in total. The first-order valence-corrected chi connectivity index (χ1v) is 10.4. The van der Waals surface area contributed by atoms with Gasteiger partial charge >= 0.3 is 0 Å². The number of carbonyl (C=O) groups excluding carboxylic acids is 2. The van der Waals surface area contributed by atoms with Gasteiger partial charge in [0, 0.05) is 45.0 Å². The van der Waals surface area contributed by atoms with Crippen molar-refractivity contribution in [2.24, 2.45) is 0 Å². The third kappa shape index (κ3) is 5.17. The average molecular weight is 394 g/mol. The van der Waals surface area contributed by atoms with Crippen molar-refractivity contribution in [3.05, 3.63) is 65.2 Å². The fourth-order valence-electron chi connectivity index (χ4n) is 3.81. The summed E-state index contributed by atoms with van der Waals surface area (Å²) in [6.07, 6.45) is -0.0514. The SMILES string of the molecule is CCN(Cc1ccccc1)C(=O)CC(=O)N1CCN(c2cccc(C)c2C)CC1. The van der Waals surface area contributed by atoms with Gasteiger partial charge in [-0.3, -0.25) is 9.59 Å². The number of anilines is 1. The van der Waals surface area contributed by atoms with E-state index in [9.17, 15) is 9.59 Å². The first-order chi connectivity index (χ1) is 14.0. The molecule has 0 saturated carbocycles. The highest BCUT2D eigenvalue weighted by Gasteiger charge is 2.25. The topological polar surface area (TPSA) is 43.9 Å². The predicted octanol–water partition coefficient (Wildman–Crippen LogP) is 3.39. The molecule has 2 aromatic rings. The summed E-state index contributed by atoms with van der Waals surface area (Å²) in [5, 5.41) is 0. The molecule has 0 bridgehead atoms. The Morgan fingerprint density at radius 2 is 1.62 bits per heavy atom. The lowest BCUT2D eigenvalue weighted by atomic mass is 10.1. The number of amides is 2. The largest absolute Gasteiger partial charge is 0.368 e. The summed E-state index contributed by atoms with van der Waals surface area (Å²) in [6.45, 7) is 10.3. The Balaban J connectivity index is 1.53. The van der Waals surface area contributed by atoms with Crippen molar-refractivity contribution in [1.82, 2.24) is 9.80 Å². The van der Waals surface area contributed by atoms with E-state index in [1.807, 2.05) is 42.2 Å². The van der Waals surface area contributed by atoms with Crippen LogP contribution in [0.15, 0.2) is 48.5 Å². The van der Waals surface area contributed by atoms with Gasteiger partial charge in [-0.25, -0.2) is 0 Å². The molecule has 1 fully saturated rings. The quantitative estimate of drug-likeness (QED) is 0.707. The highest BCUT2D eigenvalue weighted by Crippen LogP contribution is 2.24. The van der Waals surface area contributed by atoms with Crippen LogP contribution in [-0.2, 0) is 16.1 Å². The highest BCUT2D eigenvalue weighted by atomic mass is 16.2. The molecule has 29 heavy (non-hydrogen) atoms. The van der Waals surface area contributed by atoms with Crippen LogP contribution in [0.4, 0.5) is 5.69 Å². The van der Waals surface area contributed by atoms with E-state index < -0.39 is 0 Å². The van der Waals surface area contributed by atoms with E-state index in [1.54, 1.807) is 4.90 Å². The normalized spacial score (nSPS) is 14.0. The summed E-state index contributed by atoms with van der Waals surface area (Å²) >= 11 is 0. The third-order valence-corrected chi connectivity index (χ3v) is 5.80. The number of aryl methyl sites for hydroxylation is 1. The molecule has 3 rings (SSSR count). The fraction of sp³-hybridized carbons (Fsp3) is 0.417. The number of nitrogens with zero attached hydrogens (tertiary/aromatic N) is 3. The molecule has 1 aliphatic heterocycles. The number of benzene rings is 2. The third-order valence-electron chi connectivity index (χ3n) is 5.80. The average Bonchev–Trinajstić information content (AvgIpc) is 2.74. The van der Waals surface area contributed by atoms with Crippen molar-refractivity contribution in [2.45, 2.75) is 33.7 Å². The Morgan fingerprint density at radius 3 is 2.28 bits per heavy atom. The minimum atomic E-state index is -0.0988. The zero-order chi connectivity index (χ0) is 20.8. The predicted molar refractivity (Wildman–Crippen MR) is 117 cm³/mol. The second kappa shape index (κ2) is 9.59. The van der Waals surface area contributed by atoms with Gasteiger partial charge in [-0.15, -0.1) is 0 Å².